The molecule has 1 unspecified atom stereocenters. The molecule has 1 atom stereocenters. The lowest BCUT2D eigenvalue weighted by Gasteiger charge is -2.28. The highest BCUT2D eigenvalue weighted by Gasteiger charge is 2.32. The van der Waals surface area contributed by atoms with E-state index in [2.05, 4.69) is 5.32 Å². The number of hydrogen-bond donors (Lipinski definition) is 3. The Hall–Kier alpha value is -0.610. The molecule has 15 heavy (non-hydrogen) atoms. The summed E-state index contributed by atoms with van der Waals surface area (Å²) in [6, 6.07) is 0. The first-order chi connectivity index (χ1) is 7.02. The van der Waals surface area contributed by atoms with Crippen LogP contribution in [-0.4, -0.2) is 30.2 Å². The molecule has 90 valence electrons. The molecule has 0 radical (unpaired) electrons. The van der Waals surface area contributed by atoms with Gasteiger partial charge in [0, 0.05) is 13.1 Å². The number of nitrogens with one attached hydrogen (secondary N) is 1. The van der Waals surface area contributed by atoms with Gasteiger partial charge >= 0.3 is 0 Å². The lowest BCUT2D eigenvalue weighted by atomic mass is 9.81. The van der Waals surface area contributed by atoms with Crippen LogP contribution in [0.5, 0.6) is 0 Å². The smallest absolute Gasteiger partial charge is 0.227 e. The summed E-state index contributed by atoms with van der Waals surface area (Å²) >= 11 is 0. The van der Waals surface area contributed by atoms with E-state index in [0.717, 1.165) is 12.8 Å². The number of rotatable bonds is 7. The van der Waals surface area contributed by atoms with Gasteiger partial charge in [-0.15, -0.1) is 0 Å². The van der Waals surface area contributed by atoms with Crippen LogP contribution in [0.25, 0.3) is 0 Å². The van der Waals surface area contributed by atoms with Gasteiger partial charge in [-0.2, -0.15) is 0 Å². The Morgan fingerprint density at radius 1 is 1.47 bits per heavy atom. The van der Waals surface area contributed by atoms with Crippen molar-refractivity contribution in [2.45, 2.75) is 46.1 Å². The molecule has 0 fully saturated rings. The highest BCUT2D eigenvalue weighted by atomic mass is 16.3. The van der Waals surface area contributed by atoms with Gasteiger partial charge in [0.2, 0.25) is 5.91 Å². The summed E-state index contributed by atoms with van der Waals surface area (Å²) in [6.07, 6.45) is 1.71. The Balaban J connectivity index is 4.15. The number of carbonyl (C=O) groups is 1. The maximum absolute atomic E-state index is 11.9. The molecule has 4 N–H and O–H groups in total. The van der Waals surface area contributed by atoms with Gasteiger partial charge in [-0.25, -0.2) is 0 Å². The van der Waals surface area contributed by atoms with Crippen LogP contribution in [0.15, 0.2) is 0 Å². The summed E-state index contributed by atoms with van der Waals surface area (Å²) in [5.74, 6) is 0.00986. The lowest BCUT2D eigenvalue weighted by molar-refractivity contribution is -0.131. The first-order valence-electron chi connectivity index (χ1n) is 5.68. The Morgan fingerprint density at radius 2 is 2.00 bits per heavy atom. The molecule has 0 heterocycles. The molecule has 0 spiro atoms. The highest BCUT2D eigenvalue weighted by molar-refractivity contribution is 5.82. The molecule has 4 heteroatoms. The molecule has 0 saturated heterocycles. The maximum Gasteiger partial charge on any atom is 0.227 e. The van der Waals surface area contributed by atoms with Gasteiger partial charge in [-0.05, 0) is 26.2 Å². The van der Waals surface area contributed by atoms with Crippen molar-refractivity contribution in [3.63, 3.8) is 0 Å². The number of amides is 1. The third-order valence-electron chi connectivity index (χ3n) is 3.07. The molecular weight excluding hydrogens is 192 g/mol. The molecule has 1 amide bonds. The van der Waals surface area contributed by atoms with Gasteiger partial charge in [0.15, 0.2) is 0 Å². The van der Waals surface area contributed by atoms with Crippen molar-refractivity contribution < 1.29 is 9.90 Å². The van der Waals surface area contributed by atoms with Crippen LogP contribution >= 0.6 is 0 Å². The van der Waals surface area contributed by atoms with Gasteiger partial charge in [0.25, 0.3) is 0 Å². The van der Waals surface area contributed by atoms with E-state index in [1.54, 1.807) is 6.92 Å². The third-order valence-corrected chi connectivity index (χ3v) is 3.07. The normalized spacial score (nSPS) is 13.7. The summed E-state index contributed by atoms with van der Waals surface area (Å²) in [4.78, 5) is 11.9. The quantitative estimate of drug-likeness (QED) is 0.584. The van der Waals surface area contributed by atoms with Crippen molar-refractivity contribution in [3.8, 4) is 0 Å². The average molecular weight is 216 g/mol. The third kappa shape index (κ3) is 4.18. The number of aliphatic hydroxyl groups is 1. The first kappa shape index (κ1) is 14.4. The summed E-state index contributed by atoms with van der Waals surface area (Å²) in [7, 11) is 0. The molecule has 0 aliphatic rings. The van der Waals surface area contributed by atoms with E-state index in [0.29, 0.717) is 19.5 Å². The van der Waals surface area contributed by atoms with Crippen LogP contribution in [0.4, 0.5) is 0 Å². The molecule has 0 aromatic heterocycles. The standard InChI is InChI=1S/C11H24N2O2/c1-4-11(5-2,8-12)10(15)13-7-6-9(3)14/h9,14H,4-8,12H2,1-3H3,(H,13,15). The minimum absolute atomic E-state index is 0.00986. The molecule has 0 aromatic carbocycles. The summed E-state index contributed by atoms with van der Waals surface area (Å²) in [6.45, 7) is 6.55. The Labute approximate surface area is 92.2 Å². The number of aliphatic hydroxyl groups excluding tert-OH is 1. The molecular formula is C11H24N2O2. The largest absolute Gasteiger partial charge is 0.393 e. The van der Waals surface area contributed by atoms with Gasteiger partial charge in [0.05, 0.1) is 11.5 Å². The predicted octanol–water partition coefficient (Wildman–Crippen LogP) is 0.639. The van der Waals surface area contributed by atoms with Crippen LogP contribution in [0.1, 0.15) is 40.0 Å². The minimum atomic E-state index is -0.432. The van der Waals surface area contributed by atoms with Gasteiger partial charge in [-0.1, -0.05) is 13.8 Å². The SMILES string of the molecule is CCC(CC)(CN)C(=O)NCCC(C)O. The van der Waals surface area contributed by atoms with E-state index in [9.17, 15) is 4.79 Å². The van der Waals surface area contributed by atoms with Crippen LogP contribution in [-0.2, 0) is 4.79 Å². The molecule has 0 aromatic rings. The molecule has 0 aliphatic carbocycles. The van der Waals surface area contributed by atoms with E-state index >= 15 is 0 Å². The first-order valence-corrected chi connectivity index (χ1v) is 5.68. The average Bonchev–Trinajstić information content (AvgIpc) is 2.21. The predicted molar refractivity (Wildman–Crippen MR) is 61.4 cm³/mol. The molecule has 4 nitrogen and oxygen atoms in total. The zero-order chi connectivity index (χ0) is 11.9. The van der Waals surface area contributed by atoms with Crippen LogP contribution in [0.2, 0.25) is 0 Å². The van der Waals surface area contributed by atoms with E-state index in [1.165, 1.54) is 0 Å². The maximum atomic E-state index is 11.9. The number of hydrogen-bond acceptors (Lipinski definition) is 3. The molecule has 0 aliphatic heterocycles. The zero-order valence-electron chi connectivity index (χ0n) is 10.0. The van der Waals surface area contributed by atoms with E-state index in [1.807, 2.05) is 13.8 Å². The van der Waals surface area contributed by atoms with Crippen molar-refractivity contribution in [2.24, 2.45) is 11.1 Å². The van der Waals surface area contributed by atoms with Gasteiger partial charge < -0.3 is 16.2 Å². The second-order valence-corrected chi connectivity index (χ2v) is 4.09. The summed E-state index contributed by atoms with van der Waals surface area (Å²) in [5, 5.41) is 11.9. The van der Waals surface area contributed by atoms with Crippen LogP contribution in [0.3, 0.4) is 0 Å². The molecule has 0 rings (SSSR count). The van der Waals surface area contributed by atoms with E-state index < -0.39 is 5.41 Å². The second-order valence-electron chi connectivity index (χ2n) is 4.09. The van der Waals surface area contributed by atoms with Crippen molar-refractivity contribution in [3.05, 3.63) is 0 Å². The summed E-state index contributed by atoms with van der Waals surface area (Å²) < 4.78 is 0. The topological polar surface area (TPSA) is 75.4 Å². The fourth-order valence-electron chi connectivity index (χ4n) is 1.53. The van der Waals surface area contributed by atoms with Crippen molar-refractivity contribution in [2.75, 3.05) is 13.1 Å². The van der Waals surface area contributed by atoms with Gasteiger partial charge in [0.1, 0.15) is 0 Å². The molecule has 0 bridgehead atoms. The lowest BCUT2D eigenvalue weighted by Crippen LogP contribution is -2.45. The van der Waals surface area contributed by atoms with Crippen molar-refractivity contribution in [1.82, 2.24) is 5.32 Å². The monoisotopic (exact) mass is 216 g/mol. The summed E-state index contributed by atoms with van der Waals surface area (Å²) in [5.41, 5.74) is 5.22. The highest BCUT2D eigenvalue weighted by Crippen LogP contribution is 2.24. The van der Waals surface area contributed by atoms with Crippen LogP contribution in [0, 0.1) is 5.41 Å². The number of nitrogens with two attached hydrogens (primary N) is 1. The Kier molecular flexibility index (Phi) is 6.52. The Morgan fingerprint density at radius 3 is 2.33 bits per heavy atom. The zero-order valence-corrected chi connectivity index (χ0v) is 10.0. The van der Waals surface area contributed by atoms with Gasteiger partial charge in [-0.3, -0.25) is 4.79 Å². The van der Waals surface area contributed by atoms with Crippen molar-refractivity contribution in [1.29, 1.82) is 0 Å². The molecule has 0 saturated carbocycles. The van der Waals surface area contributed by atoms with E-state index in [-0.39, 0.29) is 12.0 Å². The Bertz CT molecular complexity index is 181. The minimum Gasteiger partial charge on any atom is -0.393 e. The second kappa shape index (κ2) is 6.80. The van der Waals surface area contributed by atoms with E-state index in [4.69, 9.17) is 10.8 Å². The fraction of sp³-hybridized carbons (Fsp3) is 0.909. The van der Waals surface area contributed by atoms with Crippen LogP contribution < -0.4 is 11.1 Å². The fourth-order valence-corrected chi connectivity index (χ4v) is 1.53. The number of carbonyl (C=O) groups excluding carboxylic acids is 1. The van der Waals surface area contributed by atoms with Crippen molar-refractivity contribution >= 4 is 5.91 Å².